The number of amidine groups is 1. The molecule has 1 atom stereocenters. The zero-order valence-electron chi connectivity index (χ0n) is 15.5. The molecule has 0 bridgehead atoms. The van der Waals surface area contributed by atoms with E-state index >= 15 is 0 Å². The molecule has 27 heavy (non-hydrogen) atoms. The maximum absolute atomic E-state index is 12.6. The Kier molecular flexibility index (Phi) is 5.32. The summed E-state index contributed by atoms with van der Waals surface area (Å²) >= 11 is 0. The molecule has 7 heteroatoms. The summed E-state index contributed by atoms with van der Waals surface area (Å²) in [4.78, 5) is 17.2. The van der Waals surface area contributed by atoms with E-state index in [4.69, 9.17) is 4.74 Å². The van der Waals surface area contributed by atoms with E-state index in [0.717, 1.165) is 11.1 Å². The van der Waals surface area contributed by atoms with Gasteiger partial charge in [-0.25, -0.2) is 13.2 Å². The van der Waals surface area contributed by atoms with E-state index in [9.17, 15) is 13.2 Å². The van der Waals surface area contributed by atoms with Gasteiger partial charge < -0.3 is 4.74 Å². The summed E-state index contributed by atoms with van der Waals surface area (Å²) in [7, 11) is -3.65. The molecule has 0 aliphatic carbocycles. The van der Waals surface area contributed by atoms with Crippen molar-refractivity contribution in [1.82, 2.24) is 4.72 Å². The maximum atomic E-state index is 12.6. The number of fused-ring (bicyclic) bond motifs is 1. The average molecular weight is 386 g/mol. The van der Waals surface area contributed by atoms with Crippen molar-refractivity contribution >= 4 is 21.8 Å². The van der Waals surface area contributed by atoms with Crippen LogP contribution in [0.25, 0.3) is 0 Å². The van der Waals surface area contributed by atoms with Crippen molar-refractivity contribution in [2.24, 2.45) is 10.9 Å². The topological polar surface area (TPSA) is 84.8 Å². The quantitative estimate of drug-likeness (QED) is 0.801. The molecule has 142 valence electrons. The third-order valence-corrected chi connectivity index (χ3v) is 5.83. The van der Waals surface area contributed by atoms with E-state index < -0.39 is 22.0 Å². The maximum Gasteiger partial charge on any atom is 0.331 e. The molecular formula is C20H22N2O4S. The first kappa shape index (κ1) is 19.1. The summed E-state index contributed by atoms with van der Waals surface area (Å²) in [6, 6.07) is 13.4. The lowest BCUT2D eigenvalue weighted by molar-refractivity contribution is -0.147. The van der Waals surface area contributed by atoms with Gasteiger partial charge in [0.1, 0.15) is 12.4 Å². The molecule has 0 saturated carbocycles. The van der Waals surface area contributed by atoms with Crippen LogP contribution in [0.1, 0.15) is 30.5 Å². The Labute approximate surface area is 159 Å². The minimum Gasteiger partial charge on any atom is -0.459 e. The Bertz CT molecular complexity index is 997. The first-order valence-electron chi connectivity index (χ1n) is 8.71. The van der Waals surface area contributed by atoms with E-state index in [-0.39, 0.29) is 23.3 Å². The predicted molar refractivity (Wildman–Crippen MR) is 103 cm³/mol. The molecule has 1 N–H and O–H groups in total. The number of aryl methyl sites for hydroxylation is 1. The van der Waals surface area contributed by atoms with Gasteiger partial charge in [-0.2, -0.15) is 0 Å². The highest BCUT2D eigenvalue weighted by atomic mass is 32.2. The molecule has 0 fully saturated rings. The lowest BCUT2D eigenvalue weighted by Crippen LogP contribution is -2.31. The highest BCUT2D eigenvalue weighted by molar-refractivity contribution is 7.90. The normalized spacial score (nSPS) is 17.4. The van der Waals surface area contributed by atoms with Crippen LogP contribution >= 0.6 is 0 Å². The lowest BCUT2D eigenvalue weighted by atomic mass is 10.0. The molecule has 0 aromatic heterocycles. The molecule has 1 aliphatic rings. The summed E-state index contributed by atoms with van der Waals surface area (Å²) in [5.74, 6) is -0.458. The zero-order valence-corrected chi connectivity index (χ0v) is 16.3. The molecule has 0 unspecified atom stereocenters. The highest BCUT2D eigenvalue weighted by Gasteiger charge is 2.33. The number of nitrogens with one attached hydrogen (secondary N) is 1. The summed E-state index contributed by atoms with van der Waals surface area (Å²) < 4.78 is 32.3. The van der Waals surface area contributed by atoms with Gasteiger partial charge in [0.15, 0.2) is 6.04 Å². The molecule has 1 aliphatic heterocycles. The molecule has 0 spiro atoms. The number of ether oxygens (including phenoxy) is 1. The molecule has 1 heterocycles. The third kappa shape index (κ3) is 4.03. The molecular weight excluding hydrogens is 364 g/mol. The highest BCUT2D eigenvalue weighted by Crippen LogP contribution is 2.23. The van der Waals surface area contributed by atoms with Gasteiger partial charge in [0, 0.05) is 5.56 Å². The van der Waals surface area contributed by atoms with Gasteiger partial charge in [0.05, 0.1) is 4.90 Å². The van der Waals surface area contributed by atoms with E-state index in [0.29, 0.717) is 5.56 Å². The standard InChI is InChI=1S/C20H22N2O4S/c1-13(2)18(20(23)26-12-15-9-5-4-8-14(15)3)21-19-16-10-6-7-11-17(16)27(24,25)22-19/h4-11,13,18H,12H2,1-3H3,(H,21,22)/t18-/m0/s1. The van der Waals surface area contributed by atoms with E-state index in [1.54, 1.807) is 18.2 Å². The van der Waals surface area contributed by atoms with Gasteiger partial charge in [-0.05, 0) is 36.1 Å². The van der Waals surface area contributed by atoms with Gasteiger partial charge in [-0.1, -0.05) is 50.2 Å². The molecule has 3 rings (SSSR count). The predicted octanol–water partition coefficient (Wildman–Crippen LogP) is 2.80. The molecule has 0 radical (unpaired) electrons. The summed E-state index contributed by atoms with van der Waals surface area (Å²) in [6.07, 6.45) is 0. The number of rotatable bonds is 5. The van der Waals surface area contributed by atoms with Crippen LogP contribution in [0, 0.1) is 12.8 Å². The number of hydrogen-bond donors (Lipinski definition) is 1. The van der Waals surface area contributed by atoms with Gasteiger partial charge in [-0.3, -0.25) is 9.71 Å². The Hall–Kier alpha value is -2.67. The van der Waals surface area contributed by atoms with Crippen LogP contribution in [0.3, 0.4) is 0 Å². The van der Waals surface area contributed by atoms with Crippen LogP contribution in [-0.2, 0) is 26.2 Å². The first-order valence-corrected chi connectivity index (χ1v) is 10.2. The Balaban J connectivity index is 1.83. The smallest absolute Gasteiger partial charge is 0.331 e. The van der Waals surface area contributed by atoms with Gasteiger partial charge in [0.25, 0.3) is 10.0 Å². The van der Waals surface area contributed by atoms with Gasteiger partial charge in [0.2, 0.25) is 0 Å². The van der Waals surface area contributed by atoms with Crippen molar-refractivity contribution in [1.29, 1.82) is 0 Å². The molecule has 0 amide bonds. The number of carbonyl (C=O) groups excluding carboxylic acids is 1. The second-order valence-corrected chi connectivity index (χ2v) is 8.45. The zero-order chi connectivity index (χ0) is 19.6. The lowest BCUT2D eigenvalue weighted by Gasteiger charge is -2.17. The number of esters is 1. The van der Waals surface area contributed by atoms with E-state index in [1.165, 1.54) is 6.07 Å². The van der Waals surface area contributed by atoms with Gasteiger partial charge in [-0.15, -0.1) is 0 Å². The second kappa shape index (κ2) is 7.52. The average Bonchev–Trinajstić information content (AvgIpc) is 2.89. The number of sulfonamides is 1. The summed E-state index contributed by atoms with van der Waals surface area (Å²) in [5.41, 5.74) is 2.43. The minimum absolute atomic E-state index is 0.154. The Morgan fingerprint density at radius 1 is 1.11 bits per heavy atom. The van der Waals surface area contributed by atoms with Crippen LogP contribution in [-0.4, -0.2) is 26.3 Å². The van der Waals surface area contributed by atoms with Crippen molar-refractivity contribution in [2.75, 3.05) is 0 Å². The summed E-state index contributed by atoms with van der Waals surface area (Å²) in [5, 5.41) is 0. The largest absolute Gasteiger partial charge is 0.459 e. The van der Waals surface area contributed by atoms with E-state index in [2.05, 4.69) is 9.71 Å². The van der Waals surface area contributed by atoms with Crippen molar-refractivity contribution in [3.8, 4) is 0 Å². The number of aliphatic imine (C=N–C) groups is 1. The molecule has 2 aromatic rings. The fraction of sp³-hybridized carbons (Fsp3) is 0.300. The SMILES string of the molecule is Cc1ccccc1COC(=O)[C@@H](N=C1NS(=O)(=O)c2ccccc21)C(C)C. The van der Waals surface area contributed by atoms with Crippen molar-refractivity contribution in [3.05, 3.63) is 65.2 Å². The minimum atomic E-state index is -3.65. The monoisotopic (exact) mass is 386 g/mol. The Morgan fingerprint density at radius 2 is 1.78 bits per heavy atom. The molecule has 2 aromatic carbocycles. The number of nitrogens with zero attached hydrogens (tertiary/aromatic N) is 1. The van der Waals surface area contributed by atoms with Crippen LogP contribution in [0.4, 0.5) is 0 Å². The van der Waals surface area contributed by atoms with Crippen LogP contribution in [0.2, 0.25) is 0 Å². The van der Waals surface area contributed by atoms with Crippen LogP contribution in [0.5, 0.6) is 0 Å². The number of carbonyl (C=O) groups is 1. The Morgan fingerprint density at radius 3 is 2.48 bits per heavy atom. The van der Waals surface area contributed by atoms with Crippen LogP contribution < -0.4 is 4.72 Å². The molecule has 0 saturated heterocycles. The van der Waals surface area contributed by atoms with Crippen LogP contribution in [0.15, 0.2) is 58.4 Å². The number of benzene rings is 2. The fourth-order valence-electron chi connectivity index (χ4n) is 2.85. The van der Waals surface area contributed by atoms with Crippen molar-refractivity contribution in [3.63, 3.8) is 0 Å². The van der Waals surface area contributed by atoms with Crippen molar-refractivity contribution < 1.29 is 17.9 Å². The second-order valence-electron chi connectivity index (χ2n) is 6.80. The number of hydrogen-bond acceptors (Lipinski definition) is 5. The van der Waals surface area contributed by atoms with Crippen molar-refractivity contribution in [2.45, 2.75) is 38.3 Å². The third-order valence-electron chi connectivity index (χ3n) is 4.44. The fourth-order valence-corrected chi connectivity index (χ4v) is 4.09. The first-order chi connectivity index (χ1) is 12.8. The van der Waals surface area contributed by atoms with E-state index in [1.807, 2.05) is 45.0 Å². The van der Waals surface area contributed by atoms with Gasteiger partial charge >= 0.3 is 5.97 Å². The molecule has 6 nitrogen and oxygen atoms in total. The summed E-state index contributed by atoms with van der Waals surface area (Å²) in [6.45, 7) is 5.80.